The summed E-state index contributed by atoms with van der Waals surface area (Å²) >= 11 is 0. The number of ether oxygens (including phenoxy) is 3. The highest BCUT2D eigenvalue weighted by molar-refractivity contribution is 5.83. The van der Waals surface area contributed by atoms with Crippen molar-refractivity contribution in [3.05, 3.63) is 0 Å². The summed E-state index contributed by atoms with van der Waals surface area (Å²) in [6.45, 7) is 8.65. The Morgan fingerprint density at radius 1 is 0.739 bits per heavy atom. The van der Waals surface area contributed by atoms with Gasteiger partial charge in [-0.2, -0.15) is 0 Å². The molecule has 8 nitrogen and oxygen atoms in total. The Bertz CT molecular complexity index is 425. The summed E-state index contributed by atoms with van der Waals surface area (Å²) < 4.78 is 14.9. The number of nitrogens with zero attached hydrogens (tertiary/aromatic N) is 1. The first-order valence-electron chi connectivity index (χ1n) is 7.33. The summed E-state index contributed by atoms with van der Waals surface area (Å²) in [6, 6.07) is 0. The van der Waals surface area contributed by atoms with Gasteiger partial charge in [0.1, 0.15) is 12.2 Å². The number of hydrogen-bond donors (Lipinski definition) is 0. The number of amides is 1. The van der Waals surface area contributed by atoms with Crippen LogP contribution in [0.3, 0.4) is 0 Å². The minimum Gasteiger partial charge on any atom is -0.461 e. The van der Waals surface area contributed by atoms with Gasteiger partial charge in [0.2, 0.25) is 0 Å². The molecule has 0 aliphatic carbocycles. The van der Waals surface area contributed by atoms with E-state index >= 15 is 0 Å². The van der Waals surface area contributed by atoms with E-state index in [4.69, 9.17) is 14.2 Å². The lowest BCUT2D eigenvalue weighted by molar-refractivity contribution is -0.161. The van der Waals surface area contributed by atoms with E-state index < -0.39 is 42.1 Å². The van der Waals surface area contributed by atoms with Crippen LogP contribution in [0.25, 0.3) is 0 Å². The van der Waals surface area contributed by atoms with E-state index in [0.717, 1.165) is 0 Å². The predicted molar refractivity (Wildman–Crippen MR) is 80.3 cm³/mol. The molecule has 1 amide bonds. The molecular formula is C15H25NO7. The topological polar surface area (TPSA) is 99.2 Å². The van der Waals surface area contributed by atoms with E-state index in [1.54, 1.807) is 13.8 Å². The zero-order valence-electron chi connectivity index (χ0n) is 14.5. The zero-order valence-corrected chi connectivity index (χ0v) is 14.5. The van der Waals surface area contributed by atoms with Crippen molar-refractivity contribution in [1.29, 1.82) is 0 Å². The smallest absolute Gasteiger partial charge is 0.303 e. The van der Waals surface area contributed by atoms with Crippen LogP contribution >= 0.6 is 0 Å². The van der Waals surface area contributed by atoms with E-state index in [1.165, 1.54) is 32.6 Å². The van der Waals surface area contributed by atoms with Crippen LogP contribution in [0.15, 0.2) is 0 Å². The molecule has 0 heterocycles. The number of esters is 3. The summed E-state index contributed by atoms with van der Waals surface area (Å²) in [7, 11) is 0. The highest BCUT2D eigenvalue weighted by Gasteiger charge is 2.27. The van der Waals surface area contributed by atoms with Gasteiger partial charge in [-0.1, -0.05) is 0 Å². The molecule has 0 saturated heterocycles. The van der Waals surface area contributed by atoms with Crippen LogP contribution in [0.5, 0.6) is 0 Å². The molecule has 0 aliphatic rings. The van der Waals surface area contributed by atoms with E-state index in [-0.39, 0.29) is 13.1 Å². The molecule has 8 heteroatoms. The van der Waals surface area contributed by atoms with Crippen LogP contribution in [-0.2, 0) is 33.4 Å². The minimum atomic E-state index is -0.985. The molecule has 0 aromatic rings. The highest BCUT2D eigenvalue weighted by atomic mass is 16.6. The van der Waals surface area contributed by atoms with E-state index in [1.807, 2.05) is 0 Å². The summed E-state index contributed by atoms with van der Waals surface area (Å²) in [6.07, 6.45) is -2.09. The van der Waals surface area contributed by atoms with Gasteiger partial charge in [0.25, 0.3) is 5.91 Å². The van der Waals surface area contributed by atoms with Gasteiger partial charge in [-0.3, -0.25) is 19.2 Å². The lowest BCUT2D eigenvalue weighted by Gasteiger charge is -2.29. The molecule has 0 unspecified atom stereocenters. The van der Waals surface area contributed by atoms with Crippen molar-refractivity contribution in [2.45, 2.75) is 59.9 Å². The maximum Gasteiger partial charge on any atom is 0.303 e. The van der Waals surface area contributed by atoms with Crippen molar-refractivity contribution < 1.29 is 33.4 Å². The van der Waals surface area contributed by atoms with Gasteiger partial charge < -0.3 is 19.1 Å². The van der Waals surface area contributed by atoms with Crippen LogP contribution in [0.2, 0.25) is 0 Å². The molecule has 23 heavy (non-hydrogen) atoms. The Labute approximate surface area is 136 Å². The van der Waals surface area contributed by atoms with Crippen molar-refractivity contribution in [3.63, 3.8) is 0 Å². The summed E-state index contributed by atoms with van der Waals surface area (Å²) in [5.74, 6) is -1.97. The number of rotatable bonds is 8. The van der Waals surface area contributed by atoms with Crippen molar-refractivity contribution in [2.24, 2.45) is 0 Å². The third-order valence-corrected chi connectivity index (χ3v) is 2.69. The van der Waals surface area contributed by atoms with Crippen LogP contribution in [0.4, 0.5) is 0 Å². The molecule has 132 valence electrons. The summed E-state index contributed by atoms with van der Waals surface area (Å²) in [5, 5.41) is 0. The van der Waals surface area contributed by atoms with Gasteiger partial charge in [-0.15, -0.1) is 0 Å². The van der Waals surface area contributed by atoms with Crippen LogP contribution in [0.1, 0.15) is 41.5 Å². The second-order valence-electron chi connectivity index (χ2n) is 5.33. The molecule has 0 N–H and O–H groups in total. The Morgan fingerprint density at radius 2 is 1.09 bits per heavy atom. The first kappa shape index (κ1) is 20.9. The quantitative estimate of drug-likeness (QED) is 0.476. The third kappa shape index (κ3) is 9.49. The second-order valence-corrected chi connectivity index (χ2v) is 5.33. The van der Waals surface area contributed by atoms with E-state index in [2.05, 4.69) is 0 Å². The van der Waals surface area contributed by atoms with Crippen molar-refractivity contribution in [3.8, 4) is 0 Å². The molecule has 0 bridgehead atoms. The fourth-order valence-electron chi connectivity index (χ4n) is 2.07. The fraction of sp³-hybridized carbons (Fsp3) is 0.733. The molecule has 0 aliphatic heterocycles. The average Bonchev–Trinajstić information content (AvgIpc) is 2.33. The van der Waals surface area contributed by atoms with Gasteiger partial charge in [0.15, 0.2) is 6.10 Å². The van der Waals surface area contributed by atoms with Crippen LogP contribution < -0.4 is 0 Å². The lowest BCUT2D eigenvalue weighted by Crippen LogP contribution is -2.47. The van der Waals surface area contributed by atoms with Crippen LogP contribution in [0, 0.1) is 0 Å². The van der Waals surface area contributed by atoms with Gasteiger partial charge >= 0.3 is 17.9 Å². The Balaban J connectivity index is 4.96. The highest BCUT2D eigenvalue weighted by Crippen LogP contribution is 2.07. The zero-order chi connectivity index (χ0) is 18.2. The largest absolute Gasteiger partial charge is 0.461 e. The van der Waals surface area contributed by atoms with Crippen LogP contribution in [-0.4, -0.2) is 60.1 Å². The predicted octanol–water partition coefficient (Wildman–Crippen LogP) is 0.670. The SMILES string of the molecule is CC(=O)O[C@@H](C)CN(C[C@H](C)OC(C)=O)C(=O)[C@@H](C)OC(C)=O. The van der Waals surface area contributed by atoms with Gasteiger partial charge in [-0.25, -0.2) is 0 Å². The van der Waals surface area contributed by atoms with Gasteiger partial charge in [0.05, 0.1) is 13.1 Å². The number of carbonyl (C=O) groups excluding carboxylic acids is 4. The second kappa shape index (κ2) is 9.81. The van der Waals surface area contributed by atoms with E-state index in [9.17, 15) is 19.2 Å². The first-order chi connectivity index (χ1) is 10.5. The summed E-state index contributed by atoms with van der Waals surface area (Å²) in [4.78, 5) is 46.7. The summed E-state index contributed by atoms with van der Waals surface area (Å²) in [5.41, 5.74) is 0. The molecule has 0 aromatic carbocycles. The maximum absolute atomic E-state index is 12.4. The van der Waals surface area contributed by atoms with Gasteiger partial charge in [0, 0.05) is 20.8 Å². The number of carbonyl (C=O) groups is 4. The molecule has 0 radical (unpaired) electrons. The fourth-order valence-corrected chi connectivity index (χ4v) is 2.07. The monoisotopic (exact) mass is 331 g/mol. The average molecular weight is 331 g/mol. The third-order valence-electron chi connectivity index (χ3n) is 2.69. The molecule has 0 aromatic heterocycles. The standard InChI is InChI=1S/C15H25NO7/c1-9(21-12(4)17)7-16(8-10(2)22-13(5)18)15(20)11(3)23-14(6)19/h9-11H,7-8H2,1-6H3/t9-,10-,11+/m0/s1. The van der Waals surface area contributed by atoms with Crippen molar-refractivity contribution in [1.82, 2.24) is 4.90 Å². The Morgan fingerprint density at radius 3 is 1.39 bits per heavy atom. The molecule has 0 fully saturated rings. The normalized spacial score (nSPS) is 14.2. The van der Waals surface area contributed by atoms with Crippen molar-refractivity contribution >= 4 is 23.8 Å². The Kier molecular flexibility index (Phi) is 8.90. The van der Waals surface area contributed by atoms with E-state index in [0.29, 0.717) is 0 Å². The maximum atomic E-state index is 12.4. The molecule has 0 rings (SSSR count). The van der Waals surface area contributed by atoms with Crippen molar-refractivity contribution in [2.75, 3.05) is 13.1 Å². The van der Waals surface area contributed by atoms with Gasteiger partial charge in [-0.05, 0) is 20.8 Å². The Hall–Kier alpha value is -2.12. The number of hydrogen-bond acceptors (Lipinski definition) is 7. The lowest BCUT2D eigenvalue weighted by atomic mass is 10.2. The first-order valence-corrected chi connectivity index (χ1v) is 7.33. The minimum absolute atomic E-state index is 0.0929. The molecule has 0 saturated carbocycles. The molecule has 0 spiro atoms. The molecule has 3 atom stereocenters. The molecular weight excluding hydrogens is 306 g/mol.